The number of hydrogen-bond acceptors (Lipinski definition) is 2. The highest BCUT2D eigenvalue weighted by Crippen LogP contribution is 2.52. The van der Waals surface area contributed by atoms with Gasteiger partial charge in [0.15, 0.2) is 0 Å². The van der Waals surface area contributed by atoms with Crippen molar-refractivity contribution in [3.63, 3.8) is 0 Å². The second-order valence-electron chi connectivity index (χ2n) is 4.93. The van der Waals surface area contributed by atoms with Crippen LogP contribution in [0.4, 0.5) is 5.69 Å². The highest BCUT2D eigenvalue weighted by molar-refractivity contribution is 7.74. The Labute approximate surface area is 110 Å². The summed E-state index contributed by atoms with van der Waals surface area (Å²) in [7, 11) is -2.23. The summed E-state index contributed by atoms with van der Waals surface area (Å²) in [6, 6.07) is 8.29. The molecule has 1 aromatic rings. The number of hydrogen-bond donors (Lipinski definition) is 0. The van der Waals surface area contributed by atoms with Crippen LogP contribution in [-0.2, 0) is 4.57 Å². The number of anilines is 1. The first kappa shape index (κ1) is 13.4. The third kappa shape index (κ3) is 2.54. The maximum Gasteiger partial charge on any atom is 0.136 e. The Kier molecular flexibility index (Phi) is 3.97. The molecule has 2 rings (SSSR count). The quantitative estimate of drug-likeness (QED) is 0.769. The lowest BCUT2D eigenvalue weighted by molar-refractivity contribution is 0.587. The Balaban J connectivity index is 2.26. The van der Waals surface area contributed by atoms with E-state index in [4.69, 9.17) is 0 Å². The zero-order valence-electron chi connectivity index (χ0n) is 11.5. The molecule has 0 saturated heterocycles. The van der Waals surface area contributed by atoms with Crippen molar-refractivity contribution < 1.29 is 4.57 Å². The molecule has 0 fully saturated rings. The minimum absolute atomic E-state index is 0.809. The molecule has 0 amide bonds. The molecule has 2 nitrogen and oxygen atoms in total. The lowest BCUT2D eigenvalue weighted by atomic mass is 10.3. The van der Waals surface area contributed by atoms with Gasteiger partial charge in [-0.25, -0.2) is 0 Å². The fourth-order valence-electron chi connectivity index (χ4n) is 2.54. The molecule has 0 aromatic heterocycles. The molecular formula is C15H22NOP. The summed E-state index contributed by atoms with van der Waals surface area (Å²) in [5.41, 5.74) is 2.49. The molecule has 0 spiro atoms. The van der Waals surface area contributed by atoms with Gasteiger partial charge in [-0.05, 0) is 57.3 Å². The summed E-state index contributed by atoms with van der Waals surface area (Å²) in [6.45, 7) is 8.40. The van der Waals surface area contributed by atoms with Gasteiger partial charge in [-0.15, -0.1) is 0 Å². The molecule has 0 bridgehead atoms. The van der Waals surface area contributed by atoms with E-state index in [-0.39, 0.29) is 0 Å². The third-order valence-electron chi connectivity index (χ3n) is 3.68. The van der Waals surface area contributed by atoms with Crippen LogP contribution >= 0.6 is 7.14 Å². The first-order valence-corrected chi connectivity index (χ1v) is 8.68. The maximum atomic E-state index is 12.8. The number of rotatable bonds is 4. The molecule has 0 unspecified atom stereocenters. The van der Waals surface area contributed by atoms with Crippen molar-refractivity contribution in [3.05, 3.63) is 35.7 Å². The van der Waals surface area contributed by atoms with Gasteiger partial charge in [0.1, 0.15) is 7.14 Å². The zero-order chi connectivity index (χ0) is 13.2. The molecular weight excluding hydrogens is 241 g/mol. The Morgan fingerprint density at radius 2 is 1.78 bits per heavy atom. The summed E-state index contributed by atoms with van der Waals surface area (Å²) in [5, 5.41) is 1.01. The van der Waals surface area contributed by atoms with E-state index in [9.17, 15) is 4.57 Å². The lowest BCUT2D eigenvalue weighted by Gasteiger charge is -2.21. The molecule has 98 valence electrons. The van der Waals surface area contributed by atoms with Gasteiger partial charge in [0.2, 0.25) is 0 Å². The molecule has 0 saturated carbocycles. The van der Waals surface area contributed by atoms with Crippen LogP contribution in [0.25, 0.3) is 0 Å². The molecule has 1 aliphatic heterocycles. The van der Waals surface area contributed by atoms with Crippen LogP contribution in [0, 0.1) is 0 Å². The molecule has 0 radical (unpaired) electrons. The molecule has 1 aliphatic rings. The van der Waals surface area contributed by atoms with E-state index in [1.54, 1.807) is 0 Å². The maximum absolute atomic E-state index is 12.8. The molecule has 0 N–H and O–H groups in total. The Bertz CT molecular complexity index is 486. The minimum atomic E-state index is -2.23. The molecule has 1 heterocycles. The van der Waals surface area contributed by atoms with E-state index in [2.05, 4.69) is 37.8 Å². The van der Waals surface area contributed by atoms with Crippen molar-refractivity contribution in [2.75, 3.05) is 24.2 Å². The topological polar surface area (TPSA) is 20.3 Å². The van der Waals surface area contributed by atoms with E-state index in [1.807, 2.05) is 17.9 Å². The van der Waals surface area contributed by atoms with Crippen molar-refractivity contribution in [1.82, 2.24) is 0 Å². The first-order chi connectivity index (χ1) is 8.59. The fourth-order valence-corrected chi connectivity index (χ4v) is 5.25. The molecule has 1 atom stereocenters. The van der Waals surface area contributed by atoms with E-state index in [0.717, 1.165) is 31.0 Å². The standard InChI is InChI=1S/C15H22NOP/c1-4-16(5-2)14-6-8-15(9-7-14)18(17)11-10-13(3)12-18/h6-9,12H,4-5,10-11H2,1-3H3/t18-/m0/s1. The normalized spacial score (nSPS) is 22.9. The molecule has 18 heavy (non-hydrogen) atoms. The lowest BCUT2D eigenvalue weighted by Crippen LogP contribution is -2.22. The third-order valence-corrected chi connectivity index (χ3v) is 6.60. The fraction of sp³-hybridized carbons (Fsp3) is 0.467. The van der Waals surface area contributed by atoms with Crippen molar-refractivity contribution in [1.29, 1.82) is 0 Å². The SMILES string of the molecule is CCN(CC)c1ccc([P@@]2(=O)C=C(C)CC2)cc1. The summed E-state index contributed by atoms with van der Waals surface area (Å²) in [4.78, 5) is 2.30. The van der Waals surface area contributed by atoms with Gasteiger partial charge in [0.05, 0.1) is 0 Å². The Hall–Kier alpha value is -1.01. The van der Waals surface area contributed by atoms with Crippen LogP contribution in [0.1, 0.15) is 27.2 Å². The first-order valence-electron chi connectivity index (χ1n) is 6.71. The van der Waals surface area contributed by atoms with Gasteiger partial charge in [-0.1, -0.05) is 5.57 Å². The van der Waals surface area contributed by atoms with Gasteiger partial charge >= 0.3 is 0 Å². The van der Waals surface area contributed by atoms with Crippen molar-refractivity contribution in [2.45, 2.75) is 27.2 Å². The largest absolute Gasteiger partial charge is 0.372 e. The Morgan fingerprint density at radius 3 is 2.22 bits per heavy atom. The van der Waals surface area contributed by atoms with Gasteiger partial charge < -0.3 is 9.46 Å². The Morgan fingerprint density at radius 1 is 1.17 bits per heavy atom. The van der Waals surface area contributed by atoms with Crippen LogP contribution in [0.2, 0.25) is 0 Å². The summed E-state index contributed by atoms with van der Waals surface area (Å²) in [6.07, 6.45) is 1.79. The predicted molar refractivity (Wildman–Crippen MR) is 80.5 cm³/mol. The van der Waals surface area contributed by atoms with Crippen LogP contribution in [0.15, 0.2) is 35.7 Å². The minimum Gasteiger partial charge on any atom is -0.372 e. The van der Waals surface area contributed by atoms with E-state index in [0.29, 0.717) is 0 Å². The summed E-state index contributed by atoms with van der Waals surface area (Å²) >= 11 is 0. The number of benzene rings is 1. The monoisotopic (exact) mass is 263 g/mol. The predicted octanol–water partition coefficient (Wildman–Crippen LogP) is 3.83. The van der Waals surface area contributed by atoms with Gasteiger partial charge in [0.25, 0.3) is 0 Å². The van der Waals surface area contributed by atoms with E-state index >= 15 is 0 Å². The van der Waals surface area contributed by atoms with Crippen LogP contribution < -0.4 is 10.2 Å². The van der Waals surface area contributed by atoms with Crippen LogP contribution in [0.5, 0.6) is 0 Å². The average molecular weight is 263 g/mol. The highest BCUT2D eigenvalue weighted by Gasteiger charge is 2.26. The number of nitrogens with zero attached hydrogens (tertiary/aromatic N) is 1. The van der Waals surface area contributed by atoms with Crippen LogP contribution in [0.3, 0.4) is 0 Å². The van der Waals surface area contributed by atoms with Crippen LogP contribution in [-0.4, -0.2) is 19.3 Å². The number of allylic oxidation sites excluding steroid dienone is 1. The molecule has 3 heteroatoms. The second-order valence-corrected chi connectivity index (χ2v) is 7.75. The van der Waals surface area contributed by atoms with E-state index in [1.165, 1.54) is 11.3 Å². The van der Waals surface area contributed by atoms with Crippen molar-refractivity contribution >= 4 is 18.1 Å². The van der Waals surface area contributed by atoms with Crippen molar-refractivity contribution in [2.24, 2.45) is 0 Å². The van der Waals surface area contributed by atoms with Gasteiger partial charge in [-0.2, -0.15) is 0 Å². The highest BCUT2D eigenvalue weighted by atomic mass is 31.2. The zero-order valence-corrected chi connectivity index (χ0v) is 12.4. The second kappa shape index (κ2) is 5.32. The van der Waals surface area contributed by atoms with Gasteiger partial charge in [0, 0.05) is 30.2 Å². The summed E-state index contributed by atoms with van der Waals surface area (Å²) in [5.74, 6) is 2.00. The smallest absolute Gasteiger partial charge is 0.136 e. The van der Waals surface area contributed by atoms with E-state index < -0.39 is 7.14 Å². The summed E-state index contributed by atoms with van der Waals surface area (Å²) < 4.78 is 12.8. The van der Waals surface area contributed by atoms with Gasteiger partial charge in [-0.3, -0.25) is 0 Å². The molecule has 1 aromatic carbocycles. The van der Waals surface area contributed by atoms with Crippen molar-refractivity contribution in [3.8, 4) is 0 Å². The average Bonchev–Trinajstić information content (AvgIpc) is 2.73. The molecule has 0 aliphatic carbocycles.